The molecule has 1 aliphatic rings. The fourth-order valence-corrected chi connectivity index (χ4v) is 6.04. The number of rotatable bonds is 13. The first-order valence-electron chi connectivity index (χ1n) is 16.5. The minimum atomic E-state index is -4.44. The Labute approximate surface area is 292 Å². The summed E-state index contributed by atoms with van der Waals surface area (Å²) < 4.78 is 68.1. The van der Waals surface area contributed by atoms with Gasteiger partial charge in [-0.1, -0.05) is 78.9 Å². The summed E-state index contributed by atoms with van der Waals surface area (Å²) in [6, 6.07) is 25.7. The molecule has 1 heterocycles. The van der Waals surface area contributed by atoms with E-state index in [9.17, 15) is 27.6 Å². The minimum absolute atomic E-state index is 0.134. The number of hydrogen-bond donors (Lipinski definition) is 3. The lowest BCUT2D eigenvalue weighted by atomic mass is 9.83. The van der Waals surface area contributed by atoms with E-state index in [1.54, 1.807) is 6.07 Å². The number of benzene rings is 4. The Hall–Kier alpha value is -5.01. The Balaban J connectivity index is 1.28. The number of morpholine rings is 1. The normalized spacial score (nSPS) is 17.3. The molecule has 0 unspecified atom stereocenters. The van der Waals surface area contributed by atoms with Gasteiger partial charge >= 0.3 is 18.2 Å². The van der Waals surface area contributed by atoms with Gasteiger partial charge in [0.1, 0.15) is 18.5 Å². The fourth-order valence-electron chi connectivity index (χ4n) is 6.04. The average Bonchev–Trinajstić information content (AvgIpc) is 3.13. The van der Waals surface area contributed by atoms with Crippen molar-refractivity contribution in [2.24, 2.45) is 0 Å². The second-order valence-corrected chi connectivity index (χ2v) is 12.3. The minimum Gasteiger partial charge on any atom is -0.464 e. The summed E-state index contributed by atoms with van der Waals surface area (Å²) >= 11 is 0. The Morgan fingerprint density at radius 3 is 2.39 bits per heavy atom. The predicted molar refractivity (Wildman–Crippen MR) is 183 cm³/mol. The topological polar surface area (TPSA) is 115 Å². The van der Waals surface area contributed by atoms with E-state index in [4.69, 9.17) is 14.2 Å². The van der Waals surface area contributed by atoms with Crippen molar-refractivity contribution in [3.63, 3.8) is 0 Å². The van der Waals surface area contributed by atoms with Gasteiger partial charge in [0.25, 0.3) is 0 Å². The Kier molecular flexibility index (Phi) is 12.6. The van der Waals surface area contributed by atoms with Crippen molar-refractivity contribution in [1.82, 2.24) is 10.6 Å². The zero-order chi connectivity index (χ0) is 36.4. The van der Waals surface area contributed by atoms with Crippen LogP contribution in [0.2, 0.25) is 0 Å². The molecule has 9 nitrogen and oxygen atoms in total. The van der Waals surface area contributed by atoms with Gasteiger partial charge in [-0.05, 0) is 46.9 Å². The number of carbonyl (C=O) groups excluding carboxylic acids is 3. The first kappa shape index (κ1) is 37.3. The molecule has 1 aliphatic heterocycles. The van der Waals surface area contributed by atoms with Crippen LogP contribution < -0.4 is 16.0 Å². The molecular formula is C38H39F4N3O6. The smallest absolute Gasteiger partial charge is 0.407 e. The van der Waals surface area contributed by atoms with Crippen LogP contribution in [0, 0.1) is 5.82 Å². The monoisotopic (exact) mass is 709 g/mol. The third kappa shape index (κ3) is 10.5. The van der Waals surface area contributed by atoms with Gasteiger partial charge in [-0.15, -0.1) is 0 Å². The van der Waals surface area contributed by atoms with Gasteiger partial charge in [-0.2, -0.15) is 13.2 Å². The molecule has 0 spiro atoms. The van der Waals surface area contributed by atoms with E-state index < -0.39 is 60.8 Å². The standard InChI is InChI=1S/C38H39F4N3O6/c1-49-37(48)45-35(34(25-9-3-2-4-10-25)27-15-14-24-8-5-6-11-26(24)20-27)36(47)44-32-13-7-12-31(39)30(32)17-16-29-21-43-28(22-50-29)23-51-33(46)18-19-38(40,41)42/h2-15,20,28-29,34-35,43H,16-19,21-23H2,1H3,(H,44,47)(H,45,48)/t28-,29+,34+,35-/m0/s1. The van der Waals surface area contributed by atoms with Crippen molar-refractivity contribution in [2.75, 3.05) is 32.2 Å². The number of hydrogen-bond acceptors (Lipinski definition) is 7. The Morgan fingerprint density at radius 2 is 1.69 bits per heavy atom. The summed E-state index contributed by atoms with van der Waals surface area (Å²) in [5.74, 6) is -2.71. The van der Waals surface area contributed by atoms with Crippen molar-refractivity contribution in [1.29, 1.82) is 0 Å². The number of fused-ring (bicyclic) bond motifs is 1. The predicted octanol–water partition coefficient (Wildman–Crippen LogP) is 6.65. The number of alkyl carbamates (subject to hydrolysis) is 1. The van der Waals surface area contributed by atoms with Gasteiger partial charge < -0.3 is 30.2 Å². The first-order valence-corrected chi connectivity index (χ1v) is 16.5. The van der Waals surface area contributed by atoms with E-state index in [1.807, 2.05) is 72.8 Å². The summed E-state index contributed by atoms with van der Waals surface area (Å²) in [4.78, 5) is 38.5. The number of carbonyl (C=O) groups is 3. The van der Waals surface area contributed by atoms with E-state index in [0.717, 1.165) is 21.9 Å². The maximum atomic E-state index is 15.3. The number of esters is 1. The molecule has 4 aromatic carbocycles. The summed E-state index contributed by atoms with van der Waals surface area (Å²) in [6.07, 6.45) is -7.06. The van der Waals surface area contributed by atoms with E-state index >= 15 is 4.39 Å². The van der Waals surface area contributed by atoms with Crippen LogP contribution in [0.4, 0.5) is 28.0 Å². The SMILES string of the molecule is COC(=O)N[C@H](C(=O)Nc1cccc(F)c1CC[C@@H]1CN[C@H](COC(=O)CCC(F)(F)F)CO1)[C@H](c1ccccc1)c1ccc2ccccc2c1. The molecule has 0 bridgehead atoms. The average molecular weight is 710 g/mol. The van der Waals surface area contributed by atoms with E-state index in [-0.39, 0.29) is 37.0 Å². The summed E-state index contributed by atoms with van der Waals surface area (Å²) in [7, 11) is 1.21. The lowest BCUT2D eigenvalue weighted by Gasteiger charge is -2.30. The highest BCUT2D eigenvalue weighted by atomic mass is 19.4. The van der Waals surface area contributed by atoms with E-state index in [0.29, 0.717) is 13.0 Å². The molecule has 13 heteroatoms. The number of ether oxygens (including phenoxy) is 3. The molecule has 4 aromatic rings. The Bertz CT molecular complexity index is 1800. The molecular weight excluding hydrogens is 670 g/mol. The zero-order valence-electron chi connectivity index (χ0n) is 27.9. The second-order valence-electron chi connectivity index (χ2n) is 12.3. The van der Waals surface area contributed by atoms with Crippen LogP contribution in [0.3, 0.4) is 0 Å². The molecule has 4 atom stereocenters. The van der Waals surface area contributed by atoms with Crippen molar-refractivity contribution in [3.05, 3.63) is 114 Å². The molecule has 5 rings (SSSR count). The maximum absolute atomic E-state index is 15.3. The van der Waals surface area contributed by atoms with Crippen molar-refractivity contribution >= 4 is 34.4 Å². The number of anilines is 1. The van der Waals surface area contributed by atoms with Crippen LogP contribution in [0.1, 0.15) is 41.9 Å². The number of alkyl halides is 3. The third-order valence-corrected chi connectivity index (χ3v) is 8.68. The van der Waals surface area contributed by atoms with Crippen LogP contribution in [-0.2, 0) is 30.2 Å². The van der Waals surface area contributed by atoms with Crippen LogP contribution >= 0.6 is 0 Å². The number of methoxy groups -OCH3 is 1. The molecule has 270 valence electrons. The van der Waals surface area contributed by atoms with Gasteiger partial charge in [-0.25, -0.2) is 9.18 Å². The third-order valence-electron chi connectivity index (χ3n) is 8.68. The van der Waals surface area contributed by atoms with Crippen molar-refractivity contribution in [3.8, 4) is 0 Å². The largest absolute Gasteiger partial charge is 0.464 e. The van der Waals surface area contributed by atoms with Gasteiger partial charge in [0.2, 0.25) is 5.91 Å². The molecule has 0 aromatic heterocycles. The molecule has 1 saturated heterocycles. The highest BCUT2D eigenvalue weighted by molar-refractivity contribution is 5.98. The molecule has 2 amide bonds. The second kappa shape index (κ2) is 17.3. The molecule has 3 N–H and O–H groups in total. The quantitative estimate of drug-likeness (QED) is 0.105. The van der Waals surface area contributed by atoms with Gasteiger partial charge in [0.05, 0.1) is 38.7 Å². The lowest BCUT2D eigenvalue weighted by Crippen LogP contribution is -2.49. The zero-order valence-corrected chi connectivity index (χ0v) is 27.9. The highest BCUT2D eigenvalue weighted by Crippen LogP contribution is 2.32. The van der Waals surface area contributed by atoms with Gasteiger partial charge in [0.15, 0.2) is 0 Å². The summed E-state index contributed by atoms with van der Waals surface area (Å²) in [5, 5.41) is 10.7. The van der Waals surface area contributed by atoms with Crippen LogP contribution in [-0.4, -0.2) is 69.2 Å². The number of nitrogens with one attached hydrogen (secondary N) is 3. The van der Waals surface area contributed by atoms with Crippen LogP contribution in [0.5, 0.6) is 0 Å². The van der Waals surface area contributed by atoms with Crippen molar-refractivity contribution < 1.29 is 46.2 Å². The molecule has 0 saturated carbocycles. The molecule has 0 radical (unpaired) electrons. The fraction of sp³-hybridized carbons (Fsp3) is 0.342. The maximum Gasteiger partial charge on any atom is 0.407 e. The number of halogens is 4. The van der Waals surface area contributed by atoms with E-state index in [1.165, 1.54) is 19.2 Å². The van der Waals surface area contributed by atoms with Crippen molar-refractivity contribution in [2.45, 2.75) is 56.0 Å². The summed E-state index contributed by atoms with van der Waals surface area (Å²) in [5.41, 5.74) is 2.01. The van der Waals surface area contributed by atoms with Gasteiger partial charge in [0, 0.05) is 23.7 Å². The molecule has 1 fully saturated rings. The first-order chi connectivity index (χ1) is 24.5. The van der Waals surface area contributed by atoms with Crippen LogP contribution in [0.25, 0.3) is 10.8 Å². The molecule has 51 heavy (non-hydrogen) atoms. The van der Waals surface area contributed by atoms with E-state index in [2.05, 4.69) is 16.0 Å². The number of amides is 2. The highest BCUT2D eigenvalue weighted by Gasteiger charge is 2.34. The Morgan fingerprint density at radius 1 is 0.941 bits per heavy atom. The van der Waals surface area contributed by atoms with Crippen LogP contribution in [0.15, 0.2) is 91.0 Å². The summed E-state index contributed by atoms with van der Waals surface area (Å²) in [6.45, 7) is 0.321. The van der Waals surface area contributed by atoms with Gasteiger partial charge in [-0.3, -0.25) is 9.59 Å². The molecule has 0 aliphatic carbocycles. The lowest BCUT2D eigenvalue weighted by molar-refractivity contribution is -0.158.